The van der Waals surface area contributed by atoms with Gasteiger partial charge in [-0.3, -0.25) is 9.69 Å². The van der Waals surface area contributed by atoms with Crippen LogP contribution in [-0.4, -0.2) is 62.8 Å². The number of nitrogens with zero attached hydrogens (tertiary/aromatic N) is 3. The quantitative estimate of drug-likeness (QED) is 0.286. The number of anilines is 1. The van der Waals surface area contributed by atoms with Gasteiger partial charge in [0.15, 0.2) is 16.6 Å². The average Bonchev–Trinajstić information content (AvgIpc) is 3.18. The molecular formula is C24H31BrClN3O4S. The van der Waals surface area contributed by atoms with Crippen LogP contribution in [-0.2, 0) is 0 Å². The molecule has 7 nitrogen and oxygen atoms in total. The standard InChI is InChI=1S/C24H30BrN3O4S.ClH/c1-6-30-19-13-16(14-20(31-7-2)22(19)32-8-3)23(29)28(12-11-27(4)5)24-26-18-10-9-17(25)15-21(18)33-24;/h9-10,13-15H,6-8,11-12H2,1-5H3;1H. The van der Waals surface area contributed by atoms with Gasteiger partial charge in [0.1, 0.15) is 0 Å². The number of thiazole rings is 1. The third-order valence-corrected chi connectivity index (χ3v) is 6.28. The molecule has 0 radical (unpaired) electrons. The van der Waals surface area contributed by atoms with Gasteiger partial charge in [-0.2, -0.15) is 0 Å². The second kappa shape index (κ2) is 13.1. The minimum atomic E-state index is -0.167. The second-order valence-electron chi connectivity index (χ2n) is 7.47. The largest absolute Gasteiger partial charge is 0.490 e. The van der Waals surface area contributed by atoms with E-state index < -0.39 is 0 Å². The van der Waals surface area contributed by atoms with Crippen molar-refractivity contribution in [2.24, 2.45) is 0 Å². The van der Waals surface area contributed by atoms with E-state index in [0.717, 1.165) is 14.7 Å². The van der Waals surface area contributed by atoms with Crippen LogP contribution in [0.15, 0.2) is 34.8 Å². The lowest BCUT2D eigenvalue weighted by Gasteiger charge is -2.23. The summed E-state index contributed by atoms with van der Waals surface area (Å²) in [6.07, 6.45) is 0. The van der Waals surface area contributed by atoms with Gasteiger partial charge in [0.05, 0.1) is 30.0 Å². The van der Waals surface area contributed by atoms with Crippen molar-refractivity contribution in [3.05, 3.63) is 40.4 Å². The van der Waals surface area contributed by atoms with E-state index in [0.29, 0.717) is 60.9 Å². The Labute approximate surface area is 219 Å². The summed E-state index contributed by atoms with van der Waals surface area (Å²) in [4.78, 5) is 22.3. The number of halogens is 2. The molecule has 3 aromatic rings. The van der Waals surface area contributed by atoms with Crippen molar-refractivity contribution in [2.75, 3.05) is 51.9 Å². The lowest BCUT2D eigenvalue weighted by molar-refractivity contribution is 0.0984. The van der Waals surface area contributed by atoms with E-state index in [1.807, 2.05) is 58.0 Å². The fraction of sp³-hybridized carbons (Fsp3) is 0.417. The molecule has 1 heterocycles. The zero-order valence-corrected chi connectivity index (χ0v) is 23.3. The van der Waals surface area contributed by atoms with Crippen LogP contribution < -0.4 is 19.1 Å². The maximum atomic E-state index is 13.8. The van der Waals surface area contributed by atoms with Crippen molar-refractivity contribution in [1.29, 1.82) is 0 Å². The van der Waals surface area contributed by atoms with E-state index in [1.165, 1.54) is 11.3 Å². The summed E-state index contributed by atoms with van der Waals surface area (Å²) >= 11 is 5.00. The summed E-state index contributed by atoms with van der Waals surface area (Å²) in [7, 11) is 3.96. The molecule has 0 bridgehead atoms. The van der Waals surface area contributed by atoms with Crippen LogP contribution in [0.3, 0.4) is 0 Å². The van der Waals surface area contributed by atoms with Gasteiger partial charge in [-0.1, -0.05) is 27.3 Å². The highest BCUT2D eigenvalue weighted by molar-refractivity contribution is 9.10. The minimum Gasteiger partial charge on any atom is -0.490 e. The number of amides is 1. The fourth-order valence-electron chi connectivity index (χ4n) is 3.25. The first-order valence-electron chi connectivity index (χ1n) is 11.0. The first-order chi connectivity index (χ1) is 15.9. The van der Waals surface area contributed by atoms with Crippen molar-refractivity contribution in [1.82, 2.24) is 9.88 Å². The highest BCUT2D eigenvalue weighted by Gasteiger charge is 2.25. The molecule has 1 amide bonds. The summed E-state index contributed by atoms with van der Waals surface area (Å²) in [5, 5.41) is 0.653. The lowest BCUT2D eigenvalue weighted by Crippen LogP contribution is -2.36. The van der Waals surface area contributed by atoms with Crippen LogP contribution >= 0.6 is 39.7 Å². The number of hydrogen-bond acceptors (Lipinski definition) is 7. The van der Waals surface area contributed by atoms with Crippen LogP contribution in [0, 0.1) is 0 Å². The zero-order valence-electron chi connectivity index (χ0n) is 20.1. The number of aromatic nitrogens is 1. The molecule has 0 spiro atoms. The van der Waals surface area contributed by atoms with E-state index in [9.17, 15) is 4.79 Å². The van der Waals surface area contributed by atoms with E-state index in [-0.39, 0.29) is 18.3 Å². The van der Waals surface area contributed by atoms with Crippen molar-refractivity contribution >= 4 is 60.9 Å². The molecular weight excluding hydrogens is 542 g/mol. The fourth-order valence-corrected chi connectivity index (χ4v) is 4.80. The monoisotopic (exact) mass is 571 g/mol. The molecule has 3 rings (SSSR count). The minimum absolute atomic E-state index is 0. The van der Waals surface area contributed by atoms with Crippen LogP contribution in [0.1, 0.15) is 31.1 Å². The number of ether oxygens (including phenoxy) is 3. The van der Waals surface area contributed by atoms with Gasteiger partial charge < -0.3 is 19.1 Å². The number of carbonyl (C=O) groups excluding carboxylic acids is 1. The van der Waals surface area contributed by atoms with E-state index in [2.05, 4.69) is 15.9 Å². The Morgan fingerprint density at radius 1 is 0.971 bits per heavy atom. The van der Waals surface area contributed by atoms with E-state index >= 15 is 0 Å². The second-order valence-corrected chi connectivity index (χ2v) is 9.39. The number of likely N-dealkylation sites (N-methyl/N-ethyl adjacent to an activating group) is 1. The summed E-state index contributed by atoms with van der Waals surface area (Å²) in [6.45, 7) is 8.23. The van der Waals surface area contributed by atoms with E-state index in [4.69, 9.17) is 19.2 Å². The maximum absolute atomic E-state index is 13.8. The summed E-state index contributed by atoms with van der Waals surface area (Å²) in [6, 6.07) is 9.37. The van der Waals surface area contributed by atoms with Crippen molar-refractivity contribution in [2.45, 2.75) is 20.8 Å². The number of fused-ring (bicyclic) bond motifs is 1. The number of rotatable bonds is 11. The molecule has 10 heteroatoms. The van der Waals surface area contributed by atoms with Crippen LogP contribution in [0.5, 0.6) is 17.2 Å². The normalized spacial score (nSPS) is 10.8. The summed E-state index contributed by atoms with van der Waals surface area (Å²) < 4.78 is 19.4. The van der Waals surface area contributed by atoms with Crippen LogP contribution in [0.25, 0.3) is 10.2 Å². The average molecular weight is 573 g/mol. The Balaban J connectivity index is 0.00000408. The first kappa shape index (κ1) is 28.2. The highest BCUT2D eigenvalue weighted by Crippen LogP contribution is 2.40. The topological polar surface area (TPSA) is 64.1 Å². The van der Waals surface area contributed by atoms with E-state index in [1.54, 1.807) is 17.0 Å². The third-order valence-electron chi connectivity index (χ3n) is 4.74. The maximum Gasteiger partial charge on any atom is 0.260 e. The Morgan fingerprint density at radius 3 is 2.15 bits per heavy atom. The van der Waals surface area contributed by atoms with Gasteiger partial charge in [0, 0.05) is 23.1 Å². The molecule has 186 valence electrons. The van der Waals surface area contributed by atoms with Gasteiger partial charge >= 0.3 is 0 Å². The Morgan fingerprint density at radius 2 is 1.59 bits per heavy atom. The number of benzene rings is 2. The van der Waals surface area contributed by atoms with Crippen LogP contribution in [0.4, 0.5) is 5.13 Å². The SMILES string of the molecule is CCOc1cc(C(=O)N(CCN(C)C)c2nc3ccc(Br)cc3s2)cc(OCC)c1OCC.Cl. The van der Waals surface area contributed by atoms with Crippen molar-refractivity contribution in [3.63, 3.8) is 0 Å². The van der Waals surface area contributed by atoms with Gasteiger partial charge in [-0.05, 0) is 65.2 Å². The molecule has 0 saturated heterocycles. The molecule has 0 aliphatic heterocycles. The smallest absolute Gasteiger partial charge is 0.260 e. The highest BCUT2D eigenvalue weighted by atomic mass is 79.9. The predicted molar refractivity (Wildman–Crippen MR) is 145 cm³/mol. The van der Waals surface area contributed by atoms with Gasteiger partial charge in [0.25, 0.3) is 5.91 Å². The molecule has 1 aromatic heterocycles. The van der Waals surface area contributed by atoms with Gasteiger partial charge in [-0.15, -0.1) is 12.4 Å². The number of hydrogen-bond donors (Lipinski definition) is 0. The third kappa shape index (κ3) is 6.75. The molecule has 0 aliphatic rings. The predicted octanol–water partition coefficient (Wildman–Crippen LogP) is 5.89. The Kier molecular flexibility index (Phi) is 10.9. The molecule has 0 aliphatic carbocycles. The molecule has 0 unspecified atom stereocenters. The van der Waals surface area contributed by atoms with Crippen molar-refractivity contribution in [3.8, 4) is 17.2 Å². The lowest BCUT2D eigenvalue weighted by atomic mass is 10.1. The van der Waals surface area contributed by atoms with Gasteiger partial charge in [-0.25, -0.2) is 4.98 Å². The van der Waals surface area contributed by atoms with Crippen LogP contribution in [0.2, 0.25) is 0 Å². The molecule has 34 heavy (non-hydrogen) atoms. The first-order valence-corrected chi connectivity index (χ1v) is 12.6. The zero-order chi connectivity index (χ0) is 24.0. The molecule has 0 atom stereocenters. The summed E-state index contributed by atoms with van der Waals surface area (Å²) in [5.74, 6) is 1.34. The molecule has 0 saturated carbocycles. The van der Waals surface area contributed by atoms with Crippen molar-refractivity contribution < 1.29 is 19.0 Å². The number of carbonyl (C=O) groups is 1. The van der Waals surface area contributed by atoms with Gasteiger partial charge in [0.2, 0.25) is 5.75 Å². The molecule has 2 aromatic carbocycles. The molecule has 0 N–H and O–H groups in total. The Hall–Kier alpha value is -2.07. The molecule has 0 fully saturated rings. The summed E-state index contributed by atoms with van der Waals surface area (Å²) in [5.41, 5.74) is 1.32. The Bertz CT molecular complexity index is 1080.